The lowest BCUT2D eigenvalue weighted by atomic mass is 10.0. The van der Waals surface area contributed by atoms with Crippen molar-refractivity contribution in [3.8, 4) is 0 Å². The van der Waals surface area contributed by atoms with E-state index in [1.807, 2.05) is 64.1 Å². The zero-order chi connectivity index (χ0) is 22.0. The Morgan fingerprint density at radius 1 is 1.31 bits per heavy atom. The molecule has 1 aliphatic rings. The number of amides is 1. The van der Waals surface area contributed by atoms with E-state index in [0.29, 0.717) is 18.0 Å². The number of carbonyl (C=O) groups is 1. The van der Waals surface area contributed by atoms with E-state index in [4.69, 9.17) is 27.9 Å². The molecule has 1 heterocycles. The predicted molar refractivity (Wildman–Crippen MR) is 124 cm³/mol. The predicted octanol–water partition coefficient (Wildman–Crippen LogP) is 5.79. The van der Waals surface area contributed by atoms with E-state index in [-0.39, 0.29) is 16.7 Å². The Kier molecular flexibility index (Phi) is 10.9. The largest absolute Gasteiger partial charge is 0.472 e. The Morgan fingerprint density at radius 2 is 2.00 bits per heavy atom. The van der Waals surface area contributed by atoms with Gasteiger partial charge in [-0.1, -0.05) is 38.2 Å². The van der Waals surface area contributed by atoms with Crippen LogP contribution in [0.2, 0.25) is 0 Å². The van der Waals surface area contributed by atoms with Gasteiger partial charge in [0.05, 0.1) is 10.8 Å². The SMILES string of the molecule is C=C(C=CC(=CC)C(=CC1=CN(C)CO1)C(C)Cl)NC(=O)C(=CC)C(Cl)CCC. The molecule has 160 valence electrons. The summed E-state index contributed by atoms with van der Waals surface area (Å²) in [4.78, 5) is 14.4. The number of ether oxygens (including phenoxy) is 1. The molecule has 2 unspecified atom stereocenters. The molecule has 2 atom stereocenters. The fourth-order valence-electron chi connectivity index (χ4n) is 2.80. The van der Waals surface area contributed by atoms with Gasteiger partial charge in [-0.2, -0.15) is 0 Å². The van der Waals surface area contributed by atoms with E-state index in [1.165, 1.54) is 0 Å². The van der Waals surface area contributed by atoms with E-state index in [1.54, 1.807) is 12.2 Å². The minimum atomic E-state index is -0.308. The van der Waals surface area contributed by atoms with Crippen LogP contribution in [0.4, 0.5) is 0 Å². The number of allylic oxidation sites excluding steroid dienone is 7. The summed E-state index contributed by atoms with van der Waals surface area (Å²) in [6, 6.07) is 0. The molecule has 29 heavy (non-hydrogen) atoms. The van der Waals surface area contributed by atoms with Crippen LogP contribution in [0.5, 0.6) is 0 Å². The zero-order valence-electron chi connectivity index (χ0n) is 18.0. The van der Waals surface area contributed by atoms with Crippen LogP contribution in [0.15, 0.2) is 71.3 Å². The summed E-state index contributed by atoms with van der Waals surface area (Å²) in [5.74, 6) is 0.531. The second kappa shape index (κ2) is 12.6. The molecule has 1 N–H and O–H groups in total. The van der Waals surface area contributed by atoms with E-state index in [9.17, 15) is 4.79 Å². The van der Waals surface area contributed by atoms with Crippen LogP contribution < -0.4 is 5.32 Å². The summed E-state index contributed by atoms with van der Waals surface area (Å²) in [5, 5.41) is 2.28. The molecule has 4 nitrogen and oxygen atoms in total. The standard InChI is InChI=1S/C23H32Cl2N2O2/c1-7-10-22(25)20(9-3)23(28)26-16(4)11-12-18(8-2)21(17(5)24)13-19-14-27(6)15-29-19/h8-9,11-14,17,22H,4,7,10,15H2,1-3,5-6H3,(H,26,28). The van der Waals surface area contributed by atoms with Gasteiger partial charge in [0, 0.05) is 24.5 Å². The van der Waals surface area contributed by atoms with Gasteiger partial charge in [0.25, 0.3) is 5.91 Å². The monoisotopic (exact) mass is 438 g/mol. The lowest BCUT2D eigenvalue weighted by molar-refractivity contribution is -0.116. The summed E-state index contributed by atoms with van der Waals surface area (Å²) in [7, 11) is 1.94. The van der Waals surface area contributed by atoms with Crippen LogP contribution in [0.3, 0.4) is 0 Å². The van der Waals surface area contributed by atoms with Crippen molar-refractivity contribution in [1.29, 1.82) is 0 Å². The smallest absolute Gasteiger partial charge is 0.252 e. The highest BCUT2D eigenvalue weighted by Crippen LogP contribution is 2.24. The maximum atomic E-state index is 12.5. The molecule has 1 rings (SSSR count). The minimum Gasteiger partial charge on any atom is -0.472 e. The number of rotatable bonds is 10. The first-order valence-corrected chi connectivity index (χ1v) is 10.7. The molecule has 0 bridgehead atoms. The van der Waals surface area contributed by atoms with Crippen LogP contribution in [0, 0.1) is 0 Å². The number of halogens is 2. The molecule has 1 amide bonds. The first kappa shape index (κ1) is 25.1. The molecule has 0 aromatic heterocycles. The van der Waals surface area contributed by atoms with Crippen molar-refractivity contribution in [3.63, 3.8) is 0 Å². The fraction of sp³-hybridized carbons (Fsp3) is 0.435. The zero-order valence-corrected chi connectivity index (χ0v) is 19.5. The molecule has 0 aromatic carbocycles. The Bertz CT molecular complexity index is 746. The van der Waals surface area contributed by atoms with Crippen molar-refractivity contribution in [1.82, 2.24) is 10.2 Å². The van der Waals surface area contributed by atoms with Crippen LogP contribution in [-0.4, -0.2) is 35.3 Å². The Balaban J connectivity index is 2.89. The number of alkyl halides is 2. The van der Waals surface area contributed by atoms with Gasteiger partial charge in [0.15, 0.2) is 6.73 Å². The molecular weight excluding hydrogens is 407 g/mol. The lowest BCUT2D eigenvalue weighted by Crippen LogP contribution is -2.27. The van der Waals surface area contributed by atoms with E-state index >= 15 is 0 Å². The Labute approximate surface area is 185 Å². The third-order valence-electron chi connectivity index (χ3n) is 4.34. The highest BCUT2D eigenvalue weighted by molar-refractivity contribution is 6.25. The molecular formula is C23H32Cl2N2O2. The molecule has 6 heteroatoms. The normalized spacial score (nSPS) is 17.8. The molecule has 0 radical (unpaired) electrons. The highest BCUT2D eigenvalue weighted by Gasteiger charge is 2.17. The Hall–Kier alpha value is -1.91. The van der Waals surface area contributed by atoms with E-state index in [0.717, 1.165) is 29.7 Å². The molecule has 0 saturated carbocycles. The van der Waals surface area contributed by atoms with Crippen molar-refractivity contribution >= 4 is 29.1 Å². The highest BCUT2D eigenvalue weighted by atomic mass is 35.5. The lowest BCUT2D eigenvalue weighted by Gasteiger charge is -2.14. The van der Waals surface area contributed by atoms with Crippen LogP contribution in [-0.2, 0) is 9.53 Å². The van der Waals surface area contributed by atoms with Gasteiger partial charge in [-0.25, -0.2) is 0 Å². The van der Waals surface area contributed by atoms with Crippen molar-refractivity contribution < 1.29 is 9.53 Å². The van der Waals surface area contributed by atoms with Gasteiger partial charge in [-0.3, -0.25) is 4.79 Å². The number of hydrogen-bond acceptors (Lipinski definition) is 3. The van der Waals surface area contributed by atoms with E-state index < -0.39 is 0 Å². The van der Waals surface area contributed by atoms with Crippen LogP contribution in [0.25, 0.3) is 0 Å². The fourth-order valence-corrected chi connectivity index (χ4v) is 3.43. The average molecular weight is 439 g/mol. The van der Waals surface area contributed by atoms with Gasteiger partial charge in [-0.05, 0) is 50.5 Å². The molecule has 1 aliphatic heterocycles. The Morgan fingerprint density at radius 3 is 2.48 bits per heavy atom. The number of nitrogens with zero attached hydrogens (tertiary/aromatic N) is 1. The maximum Gasteiger partial charge on any atom is 0.252 e. The molecule has 0 spiro atoms. The molecule has 0 aliphatic carbocycles. The van der Waals surface area contributed by atoms with Crippen molar-refractivity contribution in [3.05, 3.63) is 71.3 Å². The summed E-state index contributed by atoms with van der Waals surface area (Å²) < 4.78 is 5.61. The second-order valence-corrected chi connectivity index (χ2v) is 8.02. The number of nitrogens with one attached hydrogen (secondary N) is 1. The van der Waals surface area contributed by atoms with Gasteiger partial charge in [0.1, 0.15) is 5.76 Å². The maximum absolute atomic E-state index is 12.5. The summed E-state index contributed by atoms with van der Waals surface area (Å²) in [5.41, 5.74) is 2.88. The van der Waals surface area contributed by atoms with E-state index in [2.05, 4.69) is 11.9 Å². The number of carbonyl (C=O) groups excluding carboxylic acids is 1. The second-order valence-electron chi connectivity index (χ2n) is 6.83. The topological polar surface area (TPSA) is 41.6 Å². The van der Waals surface area contributed by atoms with Gasteiger partial charge in [0.2, 0.25) is 0 Å². The summed E-state index contributed by atoms with van der Waals surface area (Å²) >= 11 is 12.7. The van der Waals surface area contributed by atoms with Gasteiger partial charge >= 0.3 is 0 Å². The van der Waals surface area contributed by atoms with Crippen LogP contribution in [0.1, 0.15) is 40.5 Å². The first-order valence-electron chi connectivity index (χ1n) is 9.79. The van der Waals surface area contributed by atoms with Crippen LogP contribution >= 0.6 is 23.2 Å². The van der Waals surface area contributed by atoms with Crippen molar-refractivity contribution in [2.45, 2.75) is 51.3 Å². The average Bonchev–Trinajstić information content (AvgIpc) is 3.06. The molecule has 0 aromatic rings. The van der Waals surface area contributed by atoms with Gasteiger partial charge < -0.3 is 15.0 Å². The quantitative estimate of drug-likeness (QED) is 0.266. The first-order chi connectivity index (χ1) is 13.7. The minimum absolute atomic E-state index is 0.218. The van der Waals surface area contributed by atoms with Crippen molar-refractivity contribution in [2.24, 2.45) is 0 Å². The number of hydrogen-bond donors (Lipinski definition) is 1. The van der Waals surface area contributed by atoms with Gasteiger partial charge in [-0.15, -0.1) is 23.2 Å². The summed E-state index contributed by atoms with van der Waals surface area (Å²) in [6.45, 7) is 12.1. The van der Waals surface area contributed by atoms with Crippen molar-refractivity contribution in [2.75, 3.05) is 13.8 Å². The third kappa shape index (κ3) is 8.15. The molecule has 0 saturated heterocycles. The third-order valence-corrected chi connectivity index (χ3v) is 5.03. The molecule has 0 fully saturated rings. The summed E-state index contributed by atoms with van der Waals surface area (Å²) in [6.07, 6.45) is 12.9.